The minimum atomic E-state index is -0.501. The number of methoxy groups -OCH3 is 1. The Morgan fingerprint density at radius 2 is 2.04 bits per heavy atom. The SMILES string of the molecule is COCCn1nc(C)c(CNC(=O)CNC(=O)c2cccc(F)c2)c1C. The average Bonchev–Trinajstić information content (AvgIpc) is 2.89. The minimum Gasteiger partial charge on any atom is -0.383 e. The van der Waals surface area contributed by atoms with Crippen molar-refractivity contribution in [2.75, 3.05) is 20.3 Å². The van der Waals surface area contributed by atoms with Gasteiger partial charge in [-0.2, -0.15) is 5.10 Å². The van der Waals surface area contributed by atoms with Gasteiger partial charge in [-0.15, -0.1) is 0 Å². The van der Waals surface area contributed by atoms with Crippen LogP contribution in [-0.2, 0) is 22.6 Å². The summed E-state index contributed by atoms with van der Waals surface area (Å²) in [6.07, 6.45) is 0. The fourth-order valence-corrected chi connectivity index (χ4v) is 2.53. The fraction of sp³-hybridized carbons (Fsp3) is 0.389. The number of benzene rings is 1. The van der Waals surface area contributed by atoms with Crippen molar-refractivity contribution in [1.82, 2.24) is 20.4 Å². The van der Waals surface area contributed by atoms with Gasteiger partial charge < -0.3 is 15.4 Å². The van der Waals surface area contributed by atoms with E-state index in [1.165, 1.54) is 18.2 Å². The van der Waals surface area contributed by atoms with Crippen LogP contribution in [0.3, 0.4) is 0 Å². The van der Waals surface area contributed by atoms with Crippen molar-refractivity contribution in [3.8, 4) is 0 Å². The van der Waals surface area contributed by atoms with Gasteiger partial charge in [0.1, 0.15) is 5.82 Å². The molecular formula is C18H23FN4O3. The van der Waals surface area contributed by atoms with Crippen LogP contribution in [0.25, 0.3) is 0 Å². The summed E-state index contributed by atoms with van der Waals surface area (Å²) in [5.74, 6) is -1.34. The zero-order chi connectivity index (χ0) is 19.1. The van der Waals surface area contributed by atoms with E-state index < -0.39 is 11.7 Å². The number of nitrogens with one attached hydrogen (secondary N) is 2. The number of rotatable bonds is 8. The molecule has 0 saturated carbocycles. The molecule has 0 fully saturated rings. The standard InChI is InChI=1S/C18H23FN4O3/c1-12-16(13(2)23(22-12)7-8-26-3)10-20-17(24)11-21-18(25)14-5-4-6-15(19)9-14/h4-6,9H,7-8,10-11H2,1-3H3,(H,20,24)(H,21,25). The van der Waals surface area contributed by atoms with Gasteiger partial charge in [0, 0.05) is 30.5 Å². The molecule has 0 aliphatic heterocycles. The lowest BCUT2D eigenvalue weighted by atomic mass is 10.2. The van der Waals surface area contributed by atoms with Gasteiger partial charge in [0.2, 0.25) is 5.91 Å². The first-order valence-corrected chi connectivity index (χ1v) is 8.24. The maximum atomic E-state index is 13.1. The highest BCUT2D eigenvalue weighted by atomic mass is 19.1. The largest absolute Gasteiger partial charge is 0.383 e. The summed E-state index contributed by atoms with van der Waals surface area (Å²) < 4.78 is 20.0. The van der Waals surface area contributed by atoms with Crippen LogP contribution in [0.1, 0.15) is 27.3 Å². The maximum Gasteiger partial charge on any atom is 0.251 e. The van der Waals surface area contributed by atoms with Crippen molar-refractivity contribution in [1.29, 1.82) is 0 Å². The number of nitrogens with zero attached hydrogens (tertiary/aromatic N) is 2. The Labute approximate surface area is 151 Å². The molecule has 8 heteroatoms. The van der Waals surface area contributed by atoms with Crippen molar-refractivity contribution in [3.05, 3.63) is 52.6 Å². The molecule has 0 aliphatic rings. The summed E-state index contributed by atoms with van der Waals surface area (Å²) in [5, 5.41) is 9.65. The number of carbonyl (C=O) groups excluding carboxylic acids is 2. The molecule has 140 valence electrons. The lowest BCUT2D eigenvalue weighted by molar-refractivity contribution is -0.120. The topological polar surface area (TPSA) is 85.2 Å². The molecule has 0 bridgehead atoms. The lowest BCUT2D eigenvalue weighted by Gasteiger charge is -2.08. The second-order valence-corrected chi connectivity index (χ2v) is 5.84. The van der Waals surface area contributed by atoms with E-state index in [0.717, 1.165) is 23.0 Å². The van der Waals surface area contributed by atoms with Gasteiger partial charge in [-0.1, -0.05) is 6.07 Å². The van der Waals surface area contributed by atoms with Crippen molar-refractivity contribution < 1.29 is 18.7 Å². The van der Waals surface area contributed by atoms with Crippen molar-refractivity contribution in [2.24, 2.45) is 0 Å². The van der Waals surface area contributed by atoms with Gasteiger partial charge in [-0.3, -0.25) is 14.3 Å². The Kier molecular flexibility index (Phi) is 6.85. The van der Waals surface area contributed by atoms with Crippen LogP contribution in [0.5, 0.6) is 0 Å². The highest BCUT2D eigenvalue weighted by molar-refractivity contribution is 5.96. The second kappa shape index (κ2) is 9.10. The predicted octanol–water partition coefficient (Wildman–Crippen LogP) is 1.33. The molecule has 0 unspecified atom stereocenters. The summed E-state index contributed by atoms with van der Waals surface area (Å²) >= 11 is 0. The molecule has 0 spiro atoms. The first-order chi connectivity index (χ1) is 12.4. The van der Waals surface area contributed by atoms with Crippen LogP contribution < -0.4 is 10.6 Å². The molecule has 0 saturated heterocycles. The average molecular weight is 362 g/mol. The monoisotopic (exact) mass is 362 g/mol. The molecule has 2 amide bonds. The number of halogens is 1. The Morgan fingerprint density at radius 1 is 1.27 bits per heavy atom. The zero-order valence-electron chi connectivity index (χ0n) is 15.1. The lowest BCUT2D eigenvalue weighted by Crippen LogP contribution is -2.36. The van der Waals surface area contributed by atoms with E-state index in [-0.39, 0.29) is 18.0 Å². The van der Waals surface area contributed by atoms with E-state index >= 15 is 0 Å². The predicted molar refractivity (Wildman–Crippen MR) is 94.2 cm³/mol. The number of ether oxygens (including phenoxy) is 1. The minimum absolute atomic E-state index is 0.170. The van der Waals surface area contributed by atoms with Gasteiger partial charge in [0.25, 0.3) is 5.91 Å². The number of aryl methyl sites for hydroxylation is 1. The Bertz CT molecular complexity index is 789. The second-order valence-electron chi connectivity index (χ2n) is 5.84. The van der Waals surface area contributed by atoms with Crippen LogP contribution in [0.2, 0.25) is 0 Å². The number of amides is 2. The van der Waals surface area contributed by atoms with Gasteiger partial charge in [0.15, 0.2) is 0 Å². The van der Waals surface area contributed by atoms with E-state index in [1.807, 2.05) is 18.5 Å². The van der Waals surface area contributed by atoms with Crippen LogP contribution in [-0.4, -0.2) is 41.9 Å². The molecule has 0 atom stereocenters. The number of hydrogen-bond acceptors (Lipinski definition) is 4. The molecule has 1 aromatic carbocycles. The highest BCUT2D eigenvalue weighted by Crippen LogP contribution is 2.12. The van der Waals surface area contributed by atoms with Crippen LogP contribution in [0, 0.1) is 19.7 Å². The summed E-state index contributed by atoms with van der Waals surface area (Å²) in [4.78, 5) is 23.9. The normalized spacial score (nSPS) is 10.6. The molecule has 26 heavy (non-hydrogen) atoms. The number of aromatic nitrogens is 2. The van der Waals surface area contributed by atoms with Crippen molar-refractivity contribution in [3.63, 3.8) is 0 Å². The van der Waals surface area contributed by atoms with Gasteiger partial charge in [-0.25, -0.2) is 4.39 Å². The third-order valence-electron chi connectivity index (χ3n) is 4.00. The van der Waals surface area contributed by atoms with Crippen LogP contribution in [0.4, 0.5) is 4.39 Å². The molecule has 2 N–H and O–H groups in total. The summed E-state index contributed by atoms with van der Waals surface area (Å²) in [6.45, 7) is 5.14. The molecule has 1 aromatic heterocycles. The smallest absolute Gasteiger partial charge is 0.251 e. The number of hydrogen-bond donors (Lipinski definition) is 2. The van der Waals surface area contributed by atoms with Crippen LogP contribution in [0.15, 0.2) is 24.3 Å². The van der Waals surface area contributed by atoms with Gasteiger partial charge in [-0.05, 0) is 32.0 Å². The summed E-state index contributed by atoms with van der Waals surface area (Å²) in [5.41, 5.74) is 2.90. The zero-order valence-corrected chi connectivity index (χ0v) is 15.1. The maximum absolute atomic E-state index is 13.1. The third kappa shape index (κ3) is 5.13. The summed E-state index contributed by atoms with van der Waals surface area (Å²) in [6, 6.07) is 5.30. The molecule has 0 radical (unpaired) electrons. The van der Waals surface area contributed by atoms with E-state index in [0.29, 0.717) is 19.7 Å². The fourth-order valence-electron chi connectivity index (χ4n) is 2.53. The third-order valence-corrected chi connectivity index (χ3v) is 4.00. The highest BCUT2D eigenvalue weighted by Gasteiger charge is 2.13. The number of carbonyl (C=O) groups is 2. The Hall–Kier alpha value is -2.74. The first-order valence-electron chi connectivity index (χ1n) is 8.24. The molecule has 2 rings (SSSR count). The van der Waals surface area contributed by atoms with Gasteiger partial charge >= 0.3 is 0 Å². The van der Waals surface area contributed by atoms with E-state index in [2.05, 4.69) is 15.7 Å². The van der Waals surface area contributed by atoms with Crippen LogP contribution >= 0.6 is 0 Å². The Morgan fingerprint density at radius 3 is 2.73 bits per heavy atom. The van der Waals surface area contributed by atoms with Crippen molar-refractivity contribution in [2.45, 2.75) is 26.9 Å². The molecule has 1 heterocycles. The van der Waals surface area contributed by atoms with E-state index in [9.17, 15) is 14.0 Å². The quantitative estimate of drug-likeness (QED) is 0.742. The van der Waals surface area contributed by atoms with E-state index in [4.69, 9.17) is 4.74 Å². The summed E-state index contributed by atoms with van der Waals surface area (Å²) in [7, 11) is 1.63. The molecular weight excluding hydrogens is 339 g/mol. The first kappa shape index (κ1) is 19.6. The van der Waals surface area contributed by atoms with Crippen molar-refractivity contribution >= 4 is 11.8 Å². The van der Waals surface area contributed by atoms with Gasteiger partial charge in [0.05, 0.1) is 25.4 Å². The molecule has 7 nitrogen and oxygen atoms in total. The Balaban J connectivity index is 1.85. The van der Waals surface area contributed by atoms with E-state index in [1.54, 1.807) is 7.11 Å². The molecule has 2 aromatic rings. The molecule has 0 aliphatic carbocycles.